The van der Waals surface area contributed by atoms with E-state index in [1.807, 2.05) is 29.2 Å². The van der Waals surface area contributed by atoms with Crippen LogP contribution in [0.4, 0.5) is 5.69 Å². The number of methoxy groups -OCH3 is 1. The van der Waals surface area contributed by atoms with Gasteiger partial charge in [-0.15, -0.1) is 5.10 Å². The molecule has 0 spiro atoms. The van der Waals surface area contributed by atoms with Crippen molar-refractivity contribution in [1.29, 1.82) is 0 Å². The summed E-state index contributed by atoms with van der Waals surface area (Å²) in [6, 6.07) is 8.24. The van der Waals surface area contributed by atoms with Crippen LogP contribution < -0.4 is 15.3 Å². The number of aromatic nitrogens is 3. The maximum Gasteiger partial charge on any atom is 0.344 e. The smallest absolute Gasteiger partial charge is 0.344 e. The number of hydrogen-bond acceptors (Lipinski definition) is 6. The fourth-order valence-corrected chi connectivity index (χ4v) is 4.19. The van der Waals surface area contributed by atoms with Crippen LogP contribution in [0, 0.1) is 0 Å². The minimum absolute atomic E-state index is 0.0900. The normalized spacial score (nSPS) is 17.2. The number of thioether (sulfide) groups is 1. The zero-order valence-corrected chi connectivity index (χ0v) is 16.1. The minimum atomic E-state index is -0.180. The van der Waals surface area contributed by atoms with Crippen LogP contribution in [0.2, 0.25) is 0 Å². The first-order valence-electron chi connectivity index (χ1n) is 9.12. The lowest BCUT2D eigenvalue weighted by atomic mass is 10.2. The zero-order chi connectivity index (χ0) is 18.8. The Morgan fingerprint density at radius 3 is 2.56 bits per heavy atom. The number of piperazine rings is 1. The Balaban J connectivity index is 1.29. The molecule has 1 amide bonds. The maximum absolute atomic E-state index is 12.5. The summed E-state index contributed by atoms with van der Waals surface area (Å²) in [6.45, 7) is 3.00. The number of rotatable bonds is 6. The van der Waals surface area contributed by atoms with Gasteiger partial charge in [0.05, 0.1) is 12.9 Å². The number of benzene rings is 1. The maximum atomic E-state index is 12.5. The van der Waals surface area contributed by atoms with Crippen LogP contribution in [0.25, 0.3) is 0 Å². The highest BCUT2D eigenvalue weighted by Gasteiger charge is 2.29. The van der Waals surface area contributed by atoms with Gasteiger partial charge < -0.3 is 14.5 Å². The van der Waals surface area contributed by atoms with Gasteiger partial charge in [0.2, 0.25) is 5.91 Å². The number of H-pyrrole nitrogens is 1. The van der Waals surface area contributed by atoms with E-state index in [1.54, 1.807) is 11.7 Å². The Bertz CT molecular complexity index is 851. The summed E-state index contributed by atoms with van der Waals surface area (Å²) < 4.78 is 6.87. The molecule has 144 valence electrons. The summed E-state index contributed by atoms with van der Waals surface area (Å²) in [7, 11) is 1.66. The van der Waals surface area contributed by atoms with E-state index in [2.05, 4.69) is 15.1 Å². The van der Waals surface area contributed by atoms with Gasteiger partial charge in [0.15, 0.2) is 5.16 Å². The summed E-state index contributed by atoms with van der Waals surface area (Å²) in [5.41, 5.74) is 0.961. The monoisotopic (exact) mass is 389 g/mol. The van der Waals surface area contributed by atoms with Gasteiger partial charge in [0, 0.05) is 37.9 Å². The first-order valence-corrected chi connectivity index (χ1v) is 10.1. The van der Waals surface area contributed by atoms with E-state index in [-0.39, 0.29) is 17.6 Å². The van der Waals surface area contributed by atoms with Crippen molar-refractivity contribution >= 4 is 23.4 Å². The molecule has 27 heavy (non-hydrogen) atoms. The first kappa shape index (κ1) is 18.0. The zero-order valence-electron chi connectivity index (χ0n) is 15.3. The van der Waals surface area contributed by atoms with Crippen LogP contribution in [0.15, 0.2) is 34.2 Å². The van der Waals surface area contributed by atoms with Crippen LogP contribution in [-0.4, -0.2) is 64.6 Å². The average Bonchev–Trinajstić information content (AvgIpc) is 3.48. The summed E-state index contributed by atoms with van der Waals surface area (Å²) >= 11 is 1.34. The van der Waals surface area contributed by atoms with Crippen LogP contribution in [0.3, 0.4) is 0 Å². The van der Waals surface area contributed by atoms with Crippen molar-refractivity contribution in [2.75, 3.05) is 43.9 Å². The fraction of sp³-hybridized carbons (Fsp3) is 0.500. The topological polar surface area (TPSA) is 83.5 Å². The second-order valence-electron chi connectivity index (χ2n) is 6.77. The summed E-state index contributed by atoms with van der Waals surface area (Å²) in [4.78, 5) is 28.5. The lowest BCUT2D eigenvalue weighted by Crippen LogP contribution is -2.49. The Morgan fingerprint density at radius 2 is 1.93 bits per heavy atom. The van der Waals surface area contributed by atoms with E-state index in [1.165, 1.54) is 11.8 Å². The van der Waals surface area contributed by atoms with Gasteiger partial charge in [-0.05, 0) is 37.1 Å². The third kappa shape index (κ3) is 3.97. The van der Waals surface area contributed by atoms with Gasteiger partial charge in [0.25, 0.3) is 0 Å². The molecule has 1 aromatic carbocycles. The molecule has 2 aliphatic rings. The van der Waals surface area contributed by atoms with E-state index in [0.29, 0.717) is 24.0 Å². The number of carbonyl (C=O) groups excluding carboxylic acids is 1. The van der Waals surface area contributed by atoms with Gasteiger partial charge >= 0.3 is 5.69 Å². The van der Waals surface area contributed by atoms with Gasteiger partial charge in [-0.1, -0.05) is 11.8 Å². The highest BCUT2D eigenvalue weighted by molar-refractivity contribution is 7.99. The number of amides is 1. The molecule has 1 aliphatic carbocycles. The van der Waals surface area contributed by atoms with E-state index in [9.17, 15) is 9.59 Å². The lowest BCUT2D eigenvalue weighted by Gasteiger charge is -2.36. The molecule has 8 nitrogen and oxygen atoms in total. The largest absolute Gasteiger partial charge is 0.497 e. The minimum Gasteiger partial charge on any atom is -0.497 e. The van der Waals surface area contributed by atoms with Crippen LogP contribution in [0.5, 0.6) is 5.75 Å². The van der Waals surface area contributed by atoms with Crippen molar-refractivity contribution in [1.82, 2.24) is 19.7 Å². The van der Waals surface area contributed by atoms with Crippen LogP contribution in [-0.2, 0) is 4.79 Å². The van der Waals surface area contributed by atoms with Gasteiger partial charge in [-0.2, -0.15) is 0 Å². The third-order valence-electron chi connectivity index (χ3n) is 4.98. The number of ether oxygens (including phenoxy) is 1. The number of hydrogen-bond donors (Lipinski definition) is 1. The number of nitrogens with one attached hydrogen (secondary N) is 1. The molecule has 0 radical (unpaired) electrons. The molecule has 4 rings (SSSR count). The summed E-state index contributed by atoms with van der Waals surface area (Å²) in [6.07, 6.45) is 2.02. The fourth-order valence-electron chi connectivity index (χ4n) is 3.27. The van der Waals surface area contributed by atoms with E-state index >= 15 is 0 Å². The highest BCUT2D eigenvalue weighted by Crippen LogP contribution is 2.36. The molecule has 1 N–H and O–H groups in total. The predicted octanol–water partition coefficient (Wildman–Crippen LogP) is 1.36. The molecule has 1 aromatic heterocycles. The molecule has 0 atom stereocenters. The Hall–Kier alpha value is -2.42. The Labute approximate surface area is 161 Å². The van der Waals surface area contributed by atoms with Crippen molar-refractivity contribution in [3.63, 3.8) is 0 Å². The van der Waals surface area contributed by atoms with Crippen molar-refractivity contribution in [2.45, 2.75) is 24.0 Å². The van der Waals surface area contributed by atoms with Crippen molar-refractivity contribution in [2.24, 2.45) is 0 Å². The van der Waals surface area contributed by atoms with Gasteiger partial charge in [-0.3, -0.25) is 9.36 Å². The predicted molar refractivity (Wildman–Crippen MR) is 104 cm³/mol. The average molecular weight is 389 g/mol. The Morgan fingerprint density at radius 1 is 1.22 bits per heavy atom. The molecule has 1 saturated heterocycles. The molecule has 2 fully saturated rings. The SMILES string of the molecule is COc1ccc(N2CCN(C(=O)CSc3n[nH]c(=O)n3C3CC3)CC2)cc1. The van der Waals surface area contributed by atoms with Crippen molar-refractivity contribution < 1.29 is 9.53 Å². The highest BCUT2D eigenvalue weighted by atomic mass is 32.2. The second-order valence-corrected chi connectivity index (χ2v) is 7.71. The number of carbonyl (C=O) groups is 1. The summed E-state index contributed by atoms with van der Waals surface area (Å²) in [5, 5.41) is 7.17. The first-order chi connectivity index (χ1) is 13.2. The Kier molecular flexibility index (Phi) is 5.11. The number of aromatic amines is 1. The third-order valence-corrected chi connectivity index (χ3v) is 5.92. The molecule has 1 aliphatic heterocycles. The molecule has 0 bridgehead atoms. The number of anilines is 1. The van der Waals surface area contributed by atoms with E-state index < -0.39 is 0 Å². The van der Waals surface area contributed by atoms with Crippen LogP contribution in [0.1, 0.15) is 18.9 Å². The standard InChI is InChI=1S/C18H23N5O3S/c1-26-15-6-4-13(5-7-15)21-8-10-22(11-9-21)16(24)12-27-18-20-19-17(25)23(18)14-2-3-14/h4-7,14H,2-3,8-12H2,1H3,(H,19,25). The molecular formula is C18H23N5O3S. The molecule has 0 unspecified atom stereocenters. The number of nitrogens with zero attached hydrogens (tertiary/aromatic N) is 4. The lowest BCUT2D eigenvalue weighted by molar-refractivity contribution is -0.128. The summed E-state index contributed by atoms with van der Waals surface area (Å²) in [5.74, 6) is 1.24. The van der Waals surface area contributed by atoms with Crippen molar-refractivity contribution in [3.05, 3.63) is 34.7 Å². The van der Waals surface area contributed by atoms with E-state index in [4.69, 9.17) is 4.74 Å². The van der Waals surface area contributed by atoms with E-state index in [0.717, 1.165) is 37.4 Å². The molecule has 9 heteroatoms. The second kappa shape index (κ2) is 7.67. The molecule has 2 heterocycles. The quantitative estimate of drug-likeness (QED) is 0.751. The van der Waals surface area contributed by atoms with Gasteiger partial charge in [0.1, 0.15) is 5.75 Å². The molecule has 2 aromatic rings. The molecule has 1 saturated carbocycles. The van der Waals surface area contributed by atoms with Gasteiger partial charge in [-0.25, -0.2) is 9.89 Å². The molecular weight excluding hydrogens is 366 g/mol. The van der Waals surface area contributed by atoms with Crippen molar-refractivity contribution in [3.8, 4) is 5.75 Å². The van der Waals surface area contributed by atoms with Crippen LogP contribution >= 0.6 is 11.8 Å².